The highest BCUT2D eigenvalue weighted by molar-refractivity contribution is 5.97. The lowest BCUT2D eigenvalue weighted by Gasteiger charge is -2.14. The van der Waals surface area contributed by atoms with E-state index in [0.717, 1.165) is 19.3 Å². The van der Waals surface area contributed by atoms with Crippen LogP contribution < -0.4 is 5.32 Å². The Bertz CT molecular complexity index is 670. The molecular formula is C15H16N2O7. The van der Waals surface area contributed by atoms with Gasteiger partial charge in [0.15, 0.2) is 0 Å². The molecule has 1 amide bonds. The van der Waals surface area contributed by atoms with Crippen LogP contribution in [0.2, 0.25) is 0 Å². The van der Waals surface area contributed by atoms with Crippen molar-refractivity contribution < 1.29 is 28.8 Å². The van der Waals surface area contributed by atoms with Crippen LogP contribution in [0.4, 0.5) is 5.69 Å². The summed E-state index contributed by atoms with van der Waals surface area (Å²) in [6.45, 7) is 0. The lowest BCUT2D eigenvalue weighted by atomic mass is 10.1. The van der Waals surface area contributed by atoms with Gasteiger partial charge in [0.2, 0.25) is 0 Å². The van der Waals surface area contributed by atoms with Gasteiger partial charge in [0.25, 0.3) is 11.6 Å². The molecule has 0 bridgehead atoms. The van der Waals surface area contributed by atoms with Crippen LogP contribution in [-0.4, -0.2) is 43.0 Å². The molecule has 1 aromatic rings. The fourth-order valence-electron chi connectivity index (χ4n) is 1.73. The molecule has 1 aromatic carbocycles. The first-order valence-corrected chi connectivity index (χ1v) is 6.76. The third kappa shape index (κ3) is 5.52. The molecule has 0 spiro atoms. The van der Waals surface area contributed by atoms with E-state index in [-0.39, 0.29) is 17.7 Å². The summed E-state index contributed by atoms with van der Waals surface area (Å²) in [5, 5.41) is 13.1. The lowest BCUT2D eigenvalue weighted by Crippen LogP contribution is -2.41. The third-order valence-electron chi connectivity index (χ3n) is 2.94. The Morgan fingerprint density at radius 1 is 1.29 bits per heavy atom. The van der Waals surface area contributed by atoms with Crippen molar-refractivity contribution in [1.29, 1.82) is 0 Å². The molecule has 0 aromatic heterocycles. The van der Waals surface area contributed by atoms with E-state index in [1.165, 1.54) is 31.4 Å². The Morgan fingerprint density at radius 2 is 2.00 bits per heavy atom. The molecule has 0 unspecified atom stereocenters. The summed E-state index contributed by atoms with van der Waals surface area (Å²) in [6, 6.07) is 4.02. The second kappa shape index (κ2) is 9.03. The average molecular weight is 336 g/mol. The zero-order valence-corrected chi connectivity index (χ0v) is 13.1. The second-order valence-electron chi connectivity index (χ2n) is 4.52. The number of nitrogens with one attached hydrogen (secondary N) is 1. The summed E-state index contributed by atoms with van der Waals surface area (Å²) in [5.74, 6) is -2.01. The largest absolute Gasteiger partial charge is 0.467 e. The third-order valence-corrected chi connectivity index (χ3v) is 2.94. The van der Waals surface area contributed by atoms with Gasteiger partial charge in [0.05, 0.1) is 19.1 Å². The number of esters is 2. The maximum Gasteiger partial charge on any atom is 0.330 e. The van der Waals surface area contributed by atoms with Gasteiger partial charge in [-0.2, -0.15) is 0 Å². The average Bonchev–Trinajstić information content (AvgIpc) is 2.59. The normalized spacial score (nSPS) is 11.6. The van der Waals surface area contributed by atoms with Crippen molar-refractivity contribution in [1.82, 2.24) is 5.32 Å². The standard InChI is InChI=1S/C15H16N2O7/c1-23-13(18)8-4-7-12(15(20)24-2)16-14(19)10-5-3-6-11(9-10)17(21)22/h3-6,8-9,12H,7H2,1-2H3,(H,16,19)/b8-4+/t12-/m1/s1. The summed E-state index contributed by atoms with van der Waals surface area (Å²) in [6.07, 6.45) is 2.44. The van der Waals surface area contributed by atoms with Gasteiger partial charge in [-0.25, -0.2) is 9.59 Å². The number of hydrogen-bond acceptors (Lipinski definition) is 7. The molecule has 0 saturated carbocycles. The van der Waals surface area contributed by atoms with Crippen molar-refractivity contribution in [2.75, 3.05) is 14.2 Å². The summed E-state index contributed by atoms with van der Waals surface area (Å²) in [7, 11) is 2.35. The SMILES string of the molecule is COC(=O)/C=C/C[C@@H](NC(=O)c1cccc([N+](=O)[O-])c1)C(=O)OC. The van der Waals surface area contributed by atoms with Crippen molar-refractivity contribution in [2.45, 2.75) is 12.5 Å². The number of carbonyl (C=O) groups excluding carboxylic acids is 3. The smallest absolute Gasteiger partial charge is 0.330 e. The van der Waals surface area contributed by atoms with Gasteiger partial charge in [-0.15, -0.1) is 0 Å². The maximum absolute atomic E-state index is 12.1. The van der Waals surface area contributed by atoms with E-state index in [0.29, 0.717) is 0 Å². The number of nitro groups is 1. The summed E-state index contributed by atoms with van der Waals surface area (Å²) in [4.78, 5) is 45.0. The van der Waals surface area contributed by atoms with Gasteiger partial charge in [-0.1, -0.05) is 12.1 Å². The van der Waals surface area contributed by atoms with Gasteiger partial charge >= 0.3 is 11.9 Å². The Kier molecular flexibility index (Phi) is 7.08. The van der Waals surface area contributed by atoms with Gasteiger partial charge in [0, 0.05) is 23.8 Å². The molecular weight excluding hydrogens is 320 g/mol. The zero-order valence-electron chi connectivity index (χ0n) is 13.1. The van der Waals surface area contributed by atoms with Crippen molar-refractivity contribution >= 4 is 23.5 Å². The molecule has 0 aliphatic rings. The zero-order chi connectivity index (χ0) is 18.1. The van der Waals surface area contributed by atoms with Crippen LogP contribution in [0.5, 0.6) is 0 Å². The minimum absolute atomic E-state index is 0.0115. The summed E-state index contributed by atoms with van der Waals surface area (Å²) >= 11 is 0. The number of benzene rings is 1. The highest BCUT2D eigenvalue weighted by atomic mass is 16.6. The van der Waals surface area contributed by atoms with Crippen LogP contribution in [-0.2, 0) is 19.1 Å². The molecule has 0 aliphatic carbocycles. The molecule has 9 nitrogen and oxygen atoms in total. The molecule has 1 rings (SSSR count). The summed E-state index contributed by atoms with van der Waals surface area (Å²) in [5.41, 5.74) is -0.224. The molecule has 0 aliphatic heterocycles. The highest BCUT2D eigenvalue weighted by Gasteiger charge is 2.22. The highest BCUT2D eigenvalue weighted by Crippen LogP contribution is 2.13. The molecule has 0 fully saturated rings. The number of methoxy groups -OCH3 is 2. The quantitative estimate of drug-likeness (QED) is 0.340. The fraction of sp³-hybridized carbons (Fsp3) is 0.267. The number of hydrogen-bond donors (Lipinski definition) is 1. The molecule has 1 N–H and O–H groups in total. The molecule has 1 atom stereocenters. The molecule has 128 valence electrons. The van der Waals surface area contributed by atoms with E-state index in [4.69, 9.17) is 0 Å². The Balaban J connectivity index is 2.86. The van der Waals surface area contributed by atoms with Gasteiger partial charge < -0.3 is 14.8 Å². The molecule has 24 heavy (non-hydrogen) atoms. The first-order valence-electron chi connectivity index (χ1n) is 6.76. The van der Waals surface area contributed by atoms with Crippen LogP contribution in [0.25, 0.3) is 0 Å². The molecule has 9 heteroatoms. The number of non-ortho nitro benzene ring substituents is 1. The monoisotopic (exact) mass is 336 g/mol. The fourth-order valence-corrected chi connectivity index (χ4v) is 1.73. The van der Waals surface area contributed by atoms with E-state index in [1.54, 1.807) is 0 Å². The number of amides is 1. The van der Waals surface area contributed by atoms with Gasteiger partial charge in [-0.05, 0) is 12.5 Å². The van der Waals surface area contributed by atoms with E-state index < -0.39 is 28.8 Å². The Labute approximate surface area is 137 Å². The van der Waals surface area contributed by atoms with Crippen LogP contribution in [0.1, 0.15) is 16.8 Å². The van der Waals surface area contributed by atoms with Crippen molar-refractivity contribution in [2.24, 2.45) is 0 Å². The number of ether oxygens (including phenoxy) is 2. The predicted molar refractivity (Wildman–Crippen MR) is 82.1 cm³/mol. The minimum atomic E-state index is -1.05. The van der Waals surface area contributed by atoms with Gasteiger partial charge in [0.1, 0.15) is 6.04 Å². The van der Waals surface area contributed by atoms with E-state index in [9.17, 15) is 24.5 Å². The topological polar surface area (TPSA) is 125 Å². The second-order valence-corrected chi connectivity index (χ2v) is 4.52. The van der Waals surface area contributed by atoms with Crippen LogP contribution in [0.3, 0.4) is 0 Å². The van der Waals surface area contributed by atoms with Crippen LogP contribution in [0.15, 0.2) is 36.4 Å². The predicted octanol–water partition coefficient (Wildman–Crippen LogP) is 0.985. The first kappa shape index (κ1) is 18.8. The first-order chi connectivity index (χ1) is 11.4. The van der Waals surface area contributed by atoms with Crippen molar-refractivity contribution in [3.05, 3.63) is 52.1 Å². The molecule has 0 heterocycles. The van der Waals surface area contributed by atoms with E-state index in [2.05, 4.69) is 14.8 Å². The number of nitrogens with zero attached hydrogens (tertiary/aromatic N) is 1. The van der Waals surface area contributed by atoms with Crippen molar-refractivity contribution in [3.8, 4) is 0 Å². The van der Waals surface area contributed by atoms with Gasteiger partial charge in [-0.3, -0.25) is 14.9 Å². The van der Waals surface area contributed by atoms with E-state index >= 15 is 0 Å². The molecule has 0 radical (unpaired) electrons. The minimum Gasteiger partial charge on any atom is -0.467 e. The Hall–Kier alpha value is -3.23. The number of carbonyl (C=O) groups is 3. The number of nitro benzene ring substituents is 1. The van der Waals surface area contributed by atoms with Crippen LogP contribution in [0, 0.1) is 10.1 Å². The maximum atomic E-state index is 12.1. The van der Waals surface area contributed by atoms with Crippen LogP contribution >= 0.6 is 0 Å². The lowest BCUT2D eigenvalue weighted by molar-refractivity contribution is -0.384. The van der Waals surface area contributed by atoms with Crippen molar-refractivity contribution in [3.63, 3.8) is 0 Å². The number of rotatable bonds is 7. The van der Waals surface area contributed by atoms with E-state index in [1.807, 2.05) is 0 Å². The summed E-state index contributed by atoms with van der Waals surface area (Å²) < 4.78 is 8.99. The molecule has 0 saturated heterocycles. The Morgan fingerprint density at radius 3 is 2.58 bits per heavy atom.